The lowest BCUT2D eigenvalue weighted by Gasteiger charge is -2.13. The first kappa shape index (κ1) is 12.2. The second-order valence-corrected chi connectivity index (χ2v) is 3.96. The van der Waals surface area contributed by atoms with Crippen molar-refractivity contribution in [2.75, 3.05) is 11.9 Å². The summed E-state index contributed by atoms with van der Waals surface area (Å²) in [6.45, 7) is 6.85. The number of alkyl halides is 1. The van der Waals surface area contributed by atoms with Crippen molar-refractivity contribution in [3.05, 3.63) is 23.8 Å². The molecule has 0 aliphatic heterocycles. The van der Waals surface area contributed by atoms with Gasteiger partial charge in [-0.2, -0.15) is 0 Å². The van der Waals surface area contributed by atoms with Crippen LogP contribution in [0, 0.1) is 0 Å². The molecule has 15 heavy (non-hydrogen) atoms. The van der Waals surface area contributed by atoms with Gasteiger partial charge in [0.2, 0.25) is 0 Å². The maximum absolute atomic E-state index is 5.87. The summed E-state index contributed by atoms with van der Waals surface area (Å²) >= 11 is 5.87. The van der Waals surface area contributed by atoms with Crippen molar-refractivity contribution in [2.24, 2.45) is 0 Å². The standard InChI is InChI=1S/C12H18ClNO/c1-4-15-12-6-5-11(14-9(2)3)7-10(12)8-13/h5-7,9,14H,4,8H2,1-3H3. The van der Waals surface area contributed by atoms with Gasteiger partial charge in [-0.05, 0) is 39.0 Å². The number of anilines is 1. The molecule has 84 valence electrons. The molecule has 0 heterocycles. The van der Waals surface area contributed by atoms with E-state index in [1.807, 2.05) is 25.1 Å². The lowest BCUT2D eigenvalue weighted by molar-refractivity contribution is 0.337. The number of halogens is 1. The summed E-state index contributed by atoms with van der Waals surface area (Å²) in [4.78, 5) is 0. The largest absolute Gasteiger partial charge is 0.494 e. The van der Waals surface area contributed by atoms with Gasteiger partial charge in [-0.15, -0.1) is 11.6 Å². The smallest absolute Gasteiger partial charge is 0.123 e. The van der Waals surface area contributed by atoms with Gasteiger partial charge in [0.25, 0.3) is 0 Å². The Kier molecular flexibility index (Phi) is 4.76. The van der Waals surface area contributed by atoms with Crippen LogP contribution in [0.5, 0.6) is 5.75 Å². The maximum atomic E-state index is 5.87. The summed E-state index contributed by atoms with van der Waals surface area (Å²) < 4.78 is 5.48. The molecule has 0 saturated heterocycles. The van der Waals surface area contributed by atoms with Gasteiger partial charge in [0.15, 0.2) is 0 Å². The Morgan fingerprint density at radius 1 is 1.40 bits per heavy atom. The minimum Gasteiger partial charge on any atom is -0.494 e. The fraction of sp³-hybridized carbons (Fsp3) is 0.500. The van der Waals surface area contributed by atoms with E-state index in [2.05, 4.69) is 19.2 Å². The van der Waals surface area contributed by atoms with Gasteiger partial charge < -0.3 is 10.1 Å². The Labute approximate surface area is 96.6 Å². The van der Waals surface area contributed by atoms with E-state index in [1.165, 1.54) is 0 Å². The highest BCUT2D eigenvalue weighted by Gasteiger charge is 2.04. The predicted octanol–water partition coefficient (Wildman–Crippen LogP) is 3.64. The average Bonchev–Trinajstić information content (AvgIpc) is 2.20. The minimum absolute atomic E-state index is 0.422. The zero-order chi connectivity index (χ0) is 11.3. The summed E-state index contributed by atoms with van der Waals surface area (Å²) in [5.74, 6) is 1.35. The van der Waals surface area contributed by atoms with Crippen LogP contribution in [0.3, 0.4) is 0 Å². The zero-order valence-corrected chi connectivity index (χ0v) is 10.3. The molecule has 0 radical (unpaired) electrons. The van der Waals surface area contributed by atoms with Crippen molar-refractivity contribution in [3.8, 4) is 5.75 Å². The molecule has 0 bridgehead atoms. The second-order valence-electron chi connectivity index (χ2n) is 3.69. The predicted molar refractivity (Wildman–Crippen MR) is 65.9 cm³/mol. The van der Waals surface area contributed by atoms with Gasteiger partial charge in [0, 0.05) is 17.3 Å². The van der Waals surface area contributed by atoms with Crippen LogP contribution in [0.1, 0.15) is 26.3 Å². The van der Waals surface area contributed by atoms with Crippen LogP contribution in [-0.4, -0.2) is 12.6 Å². The van der Waals surface area contributed by atoms with Crippen molar-refractivity contribution in [1.29, 1.82) is 0 Å². The normalized spacial score (nSPS) is 10.5. The highest BCUT2D eigenvalue weighted by atomic mass is 35.5. The first-order chi connectivity index (χ1) is 7.17. The Bertz CT molecular complexity index is 312. The third-order valence-electron chi connectivity index (χ3n) is 1.96. The third-order valence-corrected chi connectivity index (χ3v) is 2.25. The molecule has 0 aliphatic carbocycles. The molecule has 0 atom stereocenters. The highest BCUT2D eigenvalue weighted by molar-refractivity contribution is 6.17. The molecule has 0 aliphatic rings. The van der Waals surface area contributed by atoms with Crippen LogP contribution < -0.4 is 10.1 Å². The molecule has 1 N–H and O–H groups in total. The molecular weight excluding hydrogens is 210 g/mol. The van der Waals surface area contributed by atoms with Crippen molar-refractivity contribution in [3.63, 3.8) is 0 Å². The van der Waals surface area contributed by atoms with Crippen LogP contribution >= 0.6 is 11.6 Å². The van der Waals surface area contributed by atoms with Gasteiger partial charge in [-0.25, -0.2) is 0 Å². The van der Waals surface area contributed by atoms with E-state index in [-0.39, 0.29) is 0 Å². The molecular formula is C12H18ClNO. The highest BCUT2D eigenvalue weighted by Crippen LogP contribution is 2.24. The van der Waals surface area contributed by atoms with Gasteiger partial charge in [0.05, 0.1) is 12.5 Å². The Morgan fingerprint density at radius 3 is 2.67 bits per heavy atom. The van der Waals surface area contributed by atoms with Crippen LogP contribution in [0.4, 0.5) is 5.69 Å². The maximum Gasteiger partial charge on any atom is 0.123 e. The van der Waals surface area contributed by atoms with E-state index in [0.29, 0.717) is 18.5 Å². The molecule has 3 heteroatoms. The monoisotopic (exact) mass is 227 g/mol. The van der Waals surface area contributed by atoms with Crippen molar-refractivity contribution in [2.45, 2.75) is 32.7 Å². The van der Waals surface area contributed by atoms with E-state index in [0.717, 1.165) is 17.0 Å². The SMILES string of the molecule is CCOc1ccc(NC(C)C)cc1CCl. The number of ether oxygens (including phenoxy) is 1. The molecule has 0 fully saturated rings. The molecule has 1 aromatic carbocycles. The lowest BCUT2D eigenvalue weighted by atomic mass is 10.2. The molecule has 0 aromatic heterocycles. The fourth-order valence-corrected chi connectivity index (χ4v) is 1.61. The minimum atomic E-state index is 0.422. The van der Waals surface area contributed by atoms with Gasteiger partial charge in [-0.1, -0.05) is 0 Å². The average molecular weight is 228 g/mol. The van der Waals surface area contributed by atoms with E-state index in [4.69, 9.17) is 16.3 Å². The van der Waals surface area contributed by atoms with E-state index in [9.17, 15) is 0 Å². The summed E-state index contributed by atoms with van der Waals surface area (Å²) in [5, 5.41) is 3.33. The van der Waals surface area contributed by atoms with E-state index < -0.39 is 0 Å². The van der Waals surface area contributed by atoms with E-state index >= 15 is 0 Å². The van der Waals surface area contributed by atoms with E-state index in [1.54, 1.807) is 0 Å². The number of benzene rings is 1. The molecule has 2 nitrogen and oxygen atoms in total. The summed E-state index contributed by atoms with van der Waals surface area (Å²) in [5.41, 5.74) is 2.12. The molecule has 0 saturated carbocycles. The first-order valence-corrected chi connectivity index (χ1v) is 5.79. The summed E-state index contributed by atoms with van der Waals surface area (Å²) in [6, 6.07) is 6.44. The van der Waals surface area contributed by atoms with Crippen LogP contribution in [0.15, 0.2) is 18.2 Å². The number of hydrogen-bond donors (Lipinski definition) is 1. The molecule has 0 amide bonds. The van der Waals surface area contributed by atoms with Crippen molar-refractivity contribution >= 4 is 17.3 Å². The zero-order valence-electron chi connectivity index (χ0n) is 9.51. The fourth-order valence-electron chi connectivity index (χ4n) is 1.40. The van der Waals surface area contributed by atoms with Gasteiger partial charge in [0.1, 0.15) is 5.75 Å². The third kappa shape index (κ3) is 3.63. The van der Waals surface area contributed by atoms with Crippen molar-refractivity contribution < 1.29 is 4.74 Å². The Morgan fingerprint density at radius 2 is 2.13 bits per heavy atom. The Hall–Kier alpha value is -0.890. The molecule has 1 rings (SSSR count). The summed E-state index contributed by atoms with van der Waals surface area (Å²) in [6.07, 6.45) is 0. The molecule has 0 unspecified atom stereocenters. The molecule has 1 aromatic rings. The van der Waals surface area contributed by atoms with Gasteiger partial charge >= 0.3 is 0 Å². The topological polar surface area (TPSA) is 21.3 Å². The van der Waals surface area contributed by atoms with Crippen LogP contribution in [0.2, 0.25) is 0 Å². The van der Waals surface area contributed by atoms with Crippen LogP contribution in [0.25, 0.3) is 0 Å². The quantitative estimate of drug-likeness (QED) is 0.776. The first-order valence-electron chi connectivity index (χ1n) is 5.25. The van der Waals surface area contributed by atoms with Gasteiger partial charge in [-0.3, -0.25) is 0 Å². The van der Waals surface area contributed by atoms with Crippen molar-refractivity contribution in [1.82, 2.24) is 0 Å². The Balaban J connectivity index is 2.86. The number of nitrogens with one attached hydrogen (secondary N) is 1. The second kappa shape index (κ2) is 5.86. The number of rotatable bonds is 5. The number of hydrogen-bond acceptors (Lipinski definition) is 2. The van der Waals surface area contributed by atoms with Crippen LogP contribution in [-0.2, 0) is 5.88 Å². The summed E-state index contributed by atoms with van der Waals surface area (Å²) in [7, 11) is 0. The lowest BCUT2D eigenvalue weighted by Crippen LogP contribution is -2.09. The molecule has 0 spiro atoms.